The van der Waals surface area contributed by atoms with Gasteiger partial charge < -0.3 is 21.5 Å². The van der Waals surface area contributed by atoms with Crippen molar-refractivity contribution in [3.8, 4) is 0 Å². The number of nitrogens with one attached hydrogen (secondary N) is 3. The molecule has 1 aromatic heterocycles. The summed E-state index contributed by atoms with van der Waals surface area (Å²) in [6, 6.07) is 15.6. The zero-order valence-electron chi connectivity index (χ0n) is 16.7. The molecule has 3 aromatic rings. The van der Waals surface area contributed by atoms with Gasteiger partial charge in [-0.25, -0.2) is 4.79 Å². The number of benzene rings is 2. The van der Waals surface area contributed by atoms with Crippen molar-refractivity contribution in [2.75, 3.05) is 10.6 Å². The molecule has 1 heterocycles. The molecule has 1 atom stereocenters. The number of aryl methyl sites for hydroxylation is 1. The quantitative estimate of drug-likeness (QED) is 0.274. The topological polar surface area (TPSA) is 124 Å². The van der Waals surface area contributed by atoms with Crippen molar-refractivity contribution in [1.29, 1.82) is 5.41 Å². The SMILES string of the molecule is CCc1cc(NCc2cccnc2)cc(C(Nc2ccc(C(=N)N)cc2)C(=O)O)c1. The van der Waals surface area contributed by atoms with Crippen LogP contribution < -0.4 is 16.4 Å². The number of rotatable bonds is 9. The van der Waals surface area contributed by atoms with Crippen LogP contribution in [0, 0.1) is 5.41 Å². The number of pyridine rings is 1. The first-order valence-corrected chi connectivity index (χ1v) is 9.66. The first-order chi connectivity index (χ1) is 14.5. The summed E-state index contributed by atoms with van der Waals surface area (Å²) in [4.78, 5) is 16.1. The van der Waals surface area contributed by atoms with E-state index in [0.29, 0.717) is 23.4 Å². The zero-order chi connectivity index (χ0) is 21.5. The van der Waals surface area contributed by atoms with E-state index >= 15 is 0 Å². The van der Waals surface area contributed by atoms with Crippen LogP contribution in [0.15, 0.2) is 67.0 Å². The largest absolute Gasteiger partial charge is 0.479 e. The predicted molar refractivity (Wildman–Crippen MR) is 119 cm³/mol. The standard InChI is InChI=1S/C23H25N5O2/c1-2-15-10-18(12-20(11-15)27-14-16-4-3-9-26-13-16)21(23(29)30)28-19-7-5-17(6-8-19)22(24)25/h3-13,21,27-28H,2,14H2,1H3,(H3,24,25)(H,29,30). The van der Waals surface area contributed by atoms with Gasteiger partial charge in [0.2, 0.25) is 0 Å². The molecule has 2 aromatic carbocycles. The van der Waals surface area contributed by atoms with E-state index in [1.165, 1.54) is 0 Å². The smallest absolute Gasteiger partial charge is 0.330 e. The summed E-state index contributed by atoms with van der Waals surface area (Å²) < 4.78 is 0. The Hall–Kier alpha value is -3.87. The second-order valence-electron chi connectivity index (χ2n) is 6.94. The van der Waals surface area contributed by atoms with Gasteiger partial charge in [0, 0.05) is 35.9 Å². The Balaban J connectivity index is 1.84. The monoisotopic (exact) mass is 403 g/mol. The molecule has 154 valence electrons. The van der Waals surface area contributed by atoms with Gasteiger partial charge in [0.05, 0.1) is 0 Å². The van der Waals surface area contributed by atoms with Crippen molar-refractivity contribution in [3.63, 3.8) is 0 Å². The molecule has 1 unspecified atom stereocenters. The van der Waals surface area contributed by atoms with E-state index in [4.69, 9.17) is 11.1 Å². The number of aromatic nitrogens is 1. The van der Waals surface area contributed by atoms with E-state index in [9.17, 15) is 9.90 Å². The van der Waals surface area contributed by atoms with Gasteiger partial charge in [-0.2, -0.15) is 0 Å². The maximum absolute atomic E-state index is 12.0. The Bertz CT molecular complexity index is 1020. The summed E-state index contributed by atoms with van der Waals surface area (Å²) in [6.45, 7) is 2.63. The molecule has 0 aliphatic heterocycles. The molecule has 0 aliphatic carbocycles. The minimum absolute atomic E-state index is 0.0312. The lowest BCUT2D eigenvalue weighted by Gasteiger charge is -2.19. The normalized spacial score (nSPS) is 11.5. The maximum Gasteiger partial charge on any atom is 0.330 e. The summed E-state index contributed by atoms with van der Waals surface area (Å²) >= 11 is 0. The molecule has 0 aliphatic rings. The van der Waals surface area contributed by atoms with Crippen LogP contribution >= 0.6 is 0 Å². The fourth-order valence-electron chi connectivity index (χ4n) is 3.10. The van der Waals surface area contributed by atoms with Crippen molar-refractivity contribution in [1.82, 2.24) is 4.98 Å². The summed E-state index contributed by atoms with van der Waals surface area (Å²) in [5, 5.41) is 23.7. The number of carbonyl (C=O) groups is 1. The maximum atomic E-state index is 12.0. The lowest BCUT2D eigenvalue weighted by Crippen LogP contribution is -2.21. The third kappa shape index (κ3) is 5.35. The van der Waals surface area contributed by atoms with Gasteiger partial charge in [0.15, 0.2) is 6.04 Å². The van der Waals surface area contributed by atoms with Crippen LogP contribution in [0.3, 0.4) is 0 Å². The highest BCUT2D eigenvalue weighted by atomic mass is 16.4. The number of aliphatic carboxylic acids is 1. The van der Waals surface area contributed by atoms with Gasteiger partial charge in [-0.15, -0.1) is 0 Å². The van der Waals surface area contributed by atoms with E-state index in [1.807, 2.05) is 37.3 Å². The van der Waals surface area contributed by atoms with Crippen LogP contribution in [0.25, 0.3) is 0 Å². The molecule has 0 saturated heterocycles. The van der Waals surface area contributed by atoms with Crippen LogP contribution in [0.1, 0.15) is 35.2 Å². The van der Waals surface area contributed by atoms with Crippen molar-refractivity contribution in [2.45, 2.75) is 25.9 Å². The Morgan fingerprint density at radius 3 is 2.50 bits per heavy atom. The fraction of sp³-hybridized carbons (Fsp3) is 0.174. The molecule has 6 N–H and O–H groups in total. The number of hydrogen-bond acceptors (Lipinski definition) is 5. The van der Waals surface area contributed by atoms with E-state index in [-0.39, 0.29) is 5.84 Å². The minimum atomic E-state index is -0.975. The predicted octanol–water partition coefficient (Wildman–Crippen LogP) is 3.78. The Labute approximate surface area is 175 Å². The average Bonchev–Trinajstić information content (AvgIpc) is 2.76. The molecule has 7 nitrogen and oxygen atoms in total. The van der Waals surface area contributed by atoms with Gasteiger partial charge in [-0.3, -0.25) is 10.4 Å². The van der Waals surface area contributed by atoms with Gasteiger partial charge in [-0.05, 0) is 65.6 Å². The highest BCUT2D eigenvalue weighted by molar-refractivity contribution is 5.95. The van der Waals surface area contributed by atoms with Crippen LogP contribution in [0.2, 0.25) is 0 Å². The van der Waals surface area contributed by atoms with Crippen LogP contribution in [0.5, 0.6) is 0 Å². The number of carboxylic acids is 1. The Kier molecular flexibility index (Phi) is 6.64. The van der Waals surface area contributed by atoms with Crippen LogP contribution in [0.4, 0.5) is 11.4 Å². The van der Waals surface area contributed by atoms with E-state index in [2.05, 4.69) is 15.6 Å². The van der Waals surface area contributed by atoms with Crippen LogP contribution in [-0.2, 0) is 17.8 Å². The molecular weight excluding hydrogens is 378 g/mol. The van der Waals surface area contributed by atoms with Crippen LogP contribution in [-0.4, -0.2) is 21.9 Å². The number of anilines is 2. The third-order valence-corrected chi connectivity index (χ3v) is 4.73. The lowest BCUT2D eigenvalue weighted by atomic mass is 10.0. The van der Waals surface area contributed by atoms with Crippen molar-refractivity contribution in [3.05, 3.63) is 89.2 Å². The lowest BCUT2D eigenvalue weighted by molar-refractivity contribution is -0.138. The van der Waals surface area contributed by atoms with E-state index in [0.717, 1.165) is 23.2 Å². The molecule has 0 fully saturated rings. The molecule has 3 rings (SSSR count). The highest BCUT2D eigenvalue weighted by Gasteiger charge is 2.21. The summed E-state index contributed by atoms with van der Waals surface area (Å²) in [7, 11) is 0. The molecule has 0 saturated carbocycles. The van der Waals surface area contributed by atoms with Crippen molar-refractivity contribution in [2.24, 2.45) is 5.73 Å². The number of nitrogen functional groups attached to an aromatic ring is 1. The first-order valence-electron chi connectivity index (χ1n) is 9.66. The average molecular weight is 403 g/mol. The first kappa shape index (κ1) is 20.9. The molecular formula is C23H25N5O2. The molecule has 0 bridgehead atoms. The fourth-order valence-corrected chi connectivity index (χ4v) is 3.10. The number of hydrogen-bond donors (Lipinski definition) is 5. The highest BCUT2D eigenvalue weighted by Crippen LogP contribution is 2.25. The van der Waals surface area contributed by atoms with Crippen molar-refractivity contribution >= 4 is 23.2 Å². The molecule has 7 heteroatoms. The summed E-state index contributed by atoms with van der Waals surface area (Å²) in [6.07, 6.45) is 4.31. The zero-order valence-corrected chi connectivity index (χ0v) is 16.7. The number of carboxylic acid groups (broad SMARTS) is 1. The molecule has 0 spiro atoms. The molecule has 30 heavy (non-hydrogen) atoms. The van der Waals surface area contributed by atoms with E-state index < -0.39 is 12.0 Å². The summed E-state index contributed by atoms with van der Waals surface area (Å²) in [5.74, 6) is -1.01. The Morgan fingerprint density at radius 2 is 1.90 bits per heavy atom. The minimum Gasteiger partial charge on any atom is -0.479 e. The second-order valence-corrected chi connectivity index (χ2v) is 6.94. The van der Waals surface area contributed by atoms with E-state index in [1.54, 1.807) is 36.7 Å². The van der Waals surface area contributed by atoms with Gasteiger partial charge in [-0.1, -0.05) is 19.1 Å². The Morgan fingerprint density at radius 1 is 1.13 bits per heavy atom. The number of nitrogens with two attached hydrogens (primary N) is 1. The summed E-state index contributed by atoms with van der Waals surface area (Å²) in [5.41, 5.74) is 10.3. The van der Waals surface area contributed by atoms with Gasteiger partial charge in [0.1, 0.15) is 5.84 Å². The number of nitrogens with zero attached hydrogens (tertiary/aromatic N) is 1. The van der Waals surface area contributed by atoms with Gasteiger partial charge >= 0.3 is 5.97 Å². The second kappa shape index (κ2) is 9.56. The molecule has 0 radical (unpaired) electrons. The number of amidine groups is 1. The molecule has 0 amide bonds. The van der Waals surface area contributed by atoms with Gasteiger partial charge in [0.25, 0.3) is 0 Å². The van der Waals surface area contributed by atoms with Crippen molar-refractivity contribution < 1.29 is 9.90 Å². The third-order valence-electron chi connectivity index (χ3n) is 4.73.